The fourth-order valence-electron chi connectivity index (χ4n) is 0.672. The molecule has 0 saturated heterocycles. The van der Waals surface area contributed by atoms with Crippen LogP contribution in [0.1, 0.15) is 26.2 Å². The van der Waals surface area contributed by atoms with Crippen LogP contribution in [-0.4, -0.2) is 23.1 Å². The average Bonchev–Trinajstić information content (AvgIpc) is 2.12. The van der Waals surface area contributed by atoms with Crippen LogP contribution in [0.3, 0.4) is 0 Å². The van der Waals surface area contributed by atoms with Crippen molar-refractivity contribution in [1.82, 2.24) is 4.42 Å². The van der Waals surface area contributed by atoms with Gasteiger partial charge in [0.15, 0.2) is 0 Å². The summed E-state index contributed by atoms with van der Waals surface area (Å²) < 4.78 is 5.24. The molecule has 0 heterocycles. The summed E-state index contributed by atoms with van der Waals surface area (Å²) in [6.07, 6.45) is 2.87. The minimum atomic E-state index is -0.749. The number of ether oxygens (including phenoxy) is 1. The standard InChI is InChI=1S/C8H12ClNO3/c1-2-3-4-7-13-8(12)10(9)5-6-11/h5H,2-4,7H2,1H3. The lowest BCUT2D eigenvalue weighted by Gasteiger charge is -2.07. The van der Waals surface area contributed by atoms with Gasteiger partial charge >= 0.3 is 6.09 Å². The zero-order chi connectivity index (χ0) is 10.1. The van der Waals surface area contributed by atoms with Crippen molar-refractivity contribution in [3.05, 3.63) is 6.20 Å². The normalized spacial score (nSPS) is 8.77. The van der Waals surface area contributed by atoms with E-state index in [1.54, 1.807) is 0 Å². The Hall–Kier alpha value is -0.990. The lowest BCUT2D eigenvalue weighted by Crippen LogP contribution is -2.17. The van der Waals surface area contributed by atoms with Crippen LogP contribution in [0, 0.1) is 0 Å². The predicted octanol–water partition coefficient (Wildman–Crippen LogP) is 2.11. The van der Waals surface area contributed by atoms with E-state index in [1.165, 1.54) is 5.94 Å². The molecule has 0 atom stereocenters. The summed E-state index contributed by atoms with van der Waals surface area (Å²) in [5.41, 5.74) is 0. The predicted molar refractivity (Wildman–Crippen MR) is 48.8 cm³/mol. The molecule has 0 rings (SSSR count). The monoisotopic (exact) mass is 205 g/mol. The third kappa shape index (κ3) is 6.20. The second-order valence-electron chi connectivity index (χ2n) is 2.38. The molecule has 0 bridgehead atoms. The van der Waals surface area contributed by atoms with Gasteiger partial charge < -0.3 is 4.74 Å². The van der Waals surface area contributed by atoms with Gasteiger partial charge in [-0.15, -0.1) is 0 Å². The molecule has 1 amide bonds. The fourth-order valence-corrected chi connectivity index (χ4v) is 0.761. The Kier molecular flexibility index (Phi) is 7.07. The van der Waals surface area contributed by atoms with E-state index in [0.29, 0.717) is 11.0 Å². The molecule has 0 aromatic heterocycles. The van der Waals surface area contributed by atoms with E-state index in [0.717, 1.165) is 25.5 Å². The minimum absolute atomic E-state index is 0.322. The fraction of sp³-hybridized carbons (Fsp3) is 0.625. The molecule has 0 aliphatic heterocycles. The summed E-state index contributed by atoms with van der Waals surface area (Å²) in [4.78, 5) is 20.6. The van der Waals surface area contributed by atoms with Gasteiger partial charge in [-0.25, -0.2) is 9.59 Å². The van der Waals surface area contributed by atoms with Crippen molar-refractivity contribution in [2.75, 3.05) is 6.61 Å². The van der Waals surface area contributed by atoms with Crippen molar-refractivity contribution in [1.29, 1.82) is 0 Å². The van der Waals surface area contributed by atoms with Crippen molar-refractivity contribution in [2.45, 2.75) is 26.2 Å². The highest BCUT2D eigenvalue weighted by molar-refractivity contribution is 6.21. The molecule has 74 valence electrons. The number of hydrogen-bond acceptors (Lipinski definition) is 3. The first kappa shape index (κ1) is 12.0. The van der Waals surface area contributed by atoms with E-state index in [4.69, 9.17) is 16.5 Å². The highest BCUT2D eigenvalue weighted by atomic mass is 35.5. The second kappa shape index (κ2) is 7.65. The van der Waals surface area contributed by atoms with Gasteiger partial charge in [0.25, 0.3) is 0 Å². The molecule has 0 unspecified atom stereocenters. The van der Waals surface area contributed by atoms with Crippen LogP contribution in [0.4, 0.5) is 4.79 Å². The van der Waals surface area contributed by atoms with Crippen LogP contribution in [0.25, 0.3) is 0 Å². The van der Waals surface area contributed by atoms with Crippen LogP contribution in [0.2, 0.25) is 0 Å². The molecule has 0 fully saturated rings. The van der Waals surface area contributed by atoms with Crippen LogP contribution >= 0.6 is 11.8 Å². The van der Waals surface area contributed by atoms with E-state index in [1.807, 2.05) is 6.92 Å². The topological polar surface area (TPSA) is 46.6 Å². The number of rotatable bonds is 5. The van der Waals surface area contributed by atoms with Crippen molar-refractivity contribution in [3.8, 4) is 0 Å². The van der Waals surface area contributed by atoms with Gasteiger partial charge in [-0.05, 0) is 6.42 Å². The Morgan fingerprint density at radius 3 is 2.85 bits per heavy atom. The largest absolute Gasteiger partial charge is 0.448 e. The molecular formula is C8H12ClNO3. The zero-order valence-corrected chi connectivity index (χ0v) is 8.21. The molecule has 0 N–H and O–H groups in total. The van der Waals surface area contributed by atoms with Crippen LogP contribution in [0.5, 0.6) is 0 Å². The molecule has 13 heavy (non-hydrogen) atoms. The lowest BCUT2D eigenvalue weighted by atomic mass is 10.3. The molecule has 0 aliphatic carbocycles. The van der Waals surface area contributed by atoms with E-state index >= 15 is 0 Å². The van der Waals surface area contributed by atoms with Gasteiger partial charge in [0.2, 0.25) is 0 Å². The maximum Gasteiger partial charge on any atom is 0.429 e. The molecule has 0 radical (unpaired) electrons. The maximum absolute atomic E-state index is 10.9. The molecule has 0 aromatic carbocycles. The number of carbonyl (C=O) groups is 1. The van der Waals surface area contributed by atoms with Crippen LogP contribution in [-0.2, 0) is 9.53 Å². The molecule has 5 heteroatoms. The Labute approximate surface area is 82.2 Å². The minimum Gasteiger partial charge on any atom is -0.448 e. The van der Waals surface area contributed by atoms with Gasteiger partial charge in [-0.2, -0.15) is 4.42 Å². The Balaban J connectivity index is 3.56. The summed E-state index contributed by atoms with van der Waals surface area (Å²) in [5, 5.41) is 0. The SMILES string of the molecule is CCCCCOC(=O)N(Cl)C=C=O. The van der Waals surface area contributed by atoms with Gasteiger partial charge in [-0.3, -0.25) is 0 Å². The van der Waals surface area contributed by atoms with E-state index < -0.39 is 6.09 Å². The third-order valence-corrected chi connectivity index (χ3v) is 1.55. The molecule has 0 spiro atoms. The van der Waals surface area contributed by atoms with E-state index in [9.17, 15) is 9.59 Å². The number of nitrogens with zero attached hydrogens (tertiary/aromatic N) is 1. The summed E-state index contributed by atoms with van der Waals surface area (Å²) in [5.74, 6) is 1.37. The van der Waals surface area contributed by atoms with Gasteiger partial charge in [0, 0.05) is 11.8 Å². The van der Waals surface area contributed by atoms with Crippen molar-refractivity contribution < 1.29 is 14.3 Å². The summed E-state index contributed by atoms with van der Waals surface area (Å²) in [6.45, 7) is 2.37. The Bertz CT molecular complexity index is 202. The highest BCUT2D eigenvalue weighted by Crippen LogP contribution is 2.00. The maximum atomic E-state index is 10.9. The lowest BCUT2D eigenvalue weighted by molar-refractivity contribution is 0.132. The second-order valence-corrected chi connectivity index (χ2v) is 2.74. The third-order valence-electron chi connectivity index (χ3n) is 1.31. The van der Waals surface area contributed by atoms with Crippen molar-refractivity contribution in [3.63, 3.8) is 0 Å². The van der Waals surface area contributed by atoms with Gasteiger partial charge in [-0.1, -0.05) is 19.8 Å². The Morgan fingerprint density at radius 1 is 1.62 bits per heavy atom. The quantitative estimate of drug-likeness (QED) is 0.392. The first-order chi connectivity index (χ1) is 6.22. The van der Waals surface area contributed by atoms with Gasteiger partial charge in [0.05, 0.1) is 6.61 Å². The number of halogens is 1. The Morgan fingerprint density at radius 2 is 2.31 bits per heavy atom. The average molecular weight is 206 g/mol. The first-order valence-electron chi connectivity index (χ1n) is 4.05. The van der Waals surface area contributed by atoms with Gasteiger partial charge in [0.1, 0.15) is 12.1 Å². The van der Waals surface area contributed by atoms with Crippen LogP contribution in [0.15, 0.2) is 6.20 Å². The summed E-state index contributed by atoms with van der Waals surface area (Å²) >= 11 is 5.28. The summed E-state index contributed by atoms with van der Waals surface area (Å²) in [6, 6.07) is 0. The van der Waals surface area contributed by atoms with E-state index in [-0.39, 0.29) is 0 Å². The molecule has 0 saturated carbocycles. The van der Waals surface area contributed by atoms with Crippen LogP contribution < -0.4 is 0 Å². The van der Waals surface area contributed by atoms with Crippen molar-refractivity contribution in [2.24, 2.45) is 0 Å². The number of unbranched alkanes of at least 4 members (excludes halogenated alkanes) is 2. The molecular weight excluding hydrogens is 194 g/mol. The number of amides is 1. The molecule has 0 aromatic rings. The van der Waals surface area contributed by atoms with Crippen molar-refractivity contribution >= 4 is 23.8 Å². The highest BCUT2D eigenvalue weighted by Gasteiger charge is 2.08. The first-order valence-corrected chi connectivity index (χ1v) is 4.39. The smallest absolute Gasteiger partial charge is 0.429 e. The number of carbonyl (C=O) groups excluding carboxylic acids is 2. The zero-order valence-electron chi connectivity index (χ0n) is 7.46. The molecule has 0 aliphatic rings. The summed E-state index contributed by atoms with van der Waals surface area (Å²) in [7, 11) is 0. The molecule has 4 nitrogen and oxygen atoms in total. The number of hydrogen-bond donors (Lipinski definition) is 0. The van der Waals surface area contributed by atoms with E-state index in [2.05, 4.69) is 0 Å².